The van der Waals surface area contributed by atoms with Gasteiger partial charge in [0.15, 0.2) is 23.1 Å². The molecule has 2 aromatic carbocycles. The smallest absolute Gasteiger partial charge is 0.261 e. The highest BCUT2D eigenvalue weighted by atomic mass is 35.5. The molecule has 1 aliphatic heterocycles. The minimum absolute atomic E-state index is 0.161. The predicted octanol–water partition coefficient (Wildman–Crippen LogP) is 5.27. The van der Waals surface area contributed by atoms with Crippen LogP contribution in [0.2, 0.25) is 10.0 Å². The first kappa shape index (κ1) is 22.8. The van der Waals surface area contributed by atoms with Crippen LogP contribution in [-0.2, 0) is 11.2 Å². The molecule has 1 aliphatic rings. The largest absolute Gasteiger partial charge is 0.493 e. The van der Waals surface area contributed by atoms with Crippen molar-refractivity contribution in [1.82, 2.24) is 14.3 Å². The molecule has 5 rings (SSSR count). The minimum Gasteiger partial charge on any atom is -0.493 e. The fourth-order valence-electron chi connectivity index (χ4n) is 4.27. The van der Waals surface area contributed by atoms with Crippen molar-refractivity contribution in [3.8, 4) is 17.2 Å². The summed E-state index contributed by atoms with van der Waals surface area (Å²) in [7, 11) is 3.19. The Hall–Kier alpha value is -2.94. The number of nitrogens with zero attached hydrogens (tertiary/aromatic N) is 3. The number of benzene rings is 2. The summed E-state index contributed by atoms with van der Waals surface area (Å²) >= 11 is 13.8. The molecule has 1 atom stereocenters. The van der Waals surface area contributed by atoms with E-state index >= 15 is 0 Å². The molecule has 176 valence electrons. The molecule has 34 heavy (non-hydrogen) atoms. The van der Waals surface area contributed by atoms with Gasteiger partial charge in [0.2, 0.25) is 0 Å². The number of fused-ring (bicyclic) bond motifs is 3. The lowest BCUT2D eigenvalue weighted by Gasteiger charge is -2.36. The molecule has 0 N–H and O–H groups in total. The monoisotopic (exact) mass is 517 g/mol. The molecule has 0 bridgehead atoms. The molecule has 2 aromatic heterocycles. The molecule has 1 amide bonds. The van der Waals surface area contributed by atoms with Crippen molar-refractivity contribution in [3.05, 3.63) is 75.0 Å². The normalized spacial score (nSPS) is 15.3. The van der Waals surface area contributed by atoms with E-state index in [-0.39, 0.29) is 18.6 Å². The summed E-state index contributed by atoms with van der Waals surface area (Å²) in [5.41, 5.74) is 2.84. The third kappa shape index (κ3) is 4.06. The summed E-state index contributed by atoms with van der Waals surface area (Å²) in [5.74, 6) is 1.45. The van der Waals surface area contributed by atoms with E-state index in [1.165, 1.54) is 0 Å². The van der Waals surface area contributed by atoms with Crippen molar-refractivity contribution in [2.75, 3.05) is 27.4 Å². The Morgan fingerprint density at radius 3 is 2.68 bits per heavy atom. The van der Waals surface area contributed by atoms with Crippen LogP contribution < -0.4 is 14.2 Å². The van der Waals surface area contributed by atoms with Crippen molar-refractivity contribution in [1.29, 1.82) is 0 Å². The molecule has 7 nitrogen and oxygen atoms in total. The predicted molar refractivity (Wildman–Crippen MR) is 132 cm³/mol. The van der Waals surface area contributed by atoms with Crippen LogP contribution in [-0.4, -0.2) is 47.6 Å². The SMILES string of the molecule is COc1ccc(C2c3c(nc4sccn34)CCN2C(=O)COc2ccc(Cl)cc2Cl)cc1OC. The van der Waals surface area contributed by atoms with Gasteiger partial charge in [-0.15, -0.1) is 11.3 Å². The Kier molecular flexibility index (Phi) is 6.29. The summed E-state index contributed by atoms with van der Waals surface area (Å²) in [6, 6.07) is 10.2. The maximum absolute atomic E-state index is 13.5. The molecular formula is C24H21Cl2N3O4S. The van der Waals surface area contributed by atoms with Crippen molar-refractivity contribution >= 4 is 45.4 Å². The third-order valence-corrected chi connectivity index (χ3v) is 7.11. The molecule has 0 saturated carbocycles. The molecule has 0 radical (unpaired) electrons. The van der Waals surface area contributed by atoms with E-state index in [1.54, 1.807) is 43.8 Å². The lowest BCUT2D eigenvalue weighted by molar-refractivity contribution is -0.135. The number of ether oxygens (including phenoxy) is 3. The zero-order chi connectivity index (χ0) is 23.8. The second-order valence-electron chi connectivity index (χ2n) is 7.72. The topological polar surface area (TPSA) is 65.3 Å². The van der Waals surface area contributed by atoms with Crippen LogP contribution in [0.4, 0.5) is 0 Å². The quantitative estimate of drug-likeness (QED) is 0.348. The molecule has 1 unspecified atom stereocenters. The van der Waals surface area contributed by atoms with Gasteiger partial charge < -0.3 is 19.1 Å². The first-order valence-electron chi connectivity index (χ1n) is 10.5. The number of rotatable bonds is 6. The van der Waals surface area contributed by atoms with Gasteiger partial charge in [0, 0.05) is 29.6 Å². The molecule has 0 spiro atoms. The fraction of sp³-hybridized carbons (Fsp3) is 0.250. The van der Waals surface area contributed by atoms with Crippen LogP contribution in [0.15, 0.2) is 48.0 Å². The zero-order valence-corrected chi connectivity index (χ0v) is 20.8. The first-order valence-corrected chi connectivity index (χ1v) is 12.2. The molecule has 10 heteroatoms. The van der Waals surface area contributed by atoms with Crippen molar-refractivity contribution in [2.45, 2.75) is 12.5 Å². The lowest BCUT2D eigenvalue weighted by atomic mass is 9.95. The molecule has 0 aliphatic carbocycles. The molecule has 3 heterocycles. The van der Waals surface area contributed by atoms with Crippen LogP contribution in [0.3, 0.4) is 0 Å². The molecule has 0 fully saturated rings. The van der Waals surface area contributed by atoms with Crippen LogP contribution in [0.1, 0.15) is 23.0 Å². The van der Waals surface area contributed by atoms with Crippen molar-refractivity contribution in [3.63, 3.8) is 0 Å². The van der Waals surface area contributed by atoms with E-state index in [0.29, 0.717) is 40.3 Å². The van der Waals surface area contributed by atoms with E-state index in [0.717, 1.165) is 21.9 Å². The number of halogens is 2. The lowest BCUT2D eigenvalue weighted by Crippen LogP contribution is -2.43. The van der Waals surface area contributed by atoms with Crippen LogP contribution in [0.5, 0.6) is 17.2 Å². The average molecular weight is 518 g/mol. The van der Waals surface area contributed by atoms with E-state index in [1.807, 2.05) is 34.7 Å². The number of aromatic nitrogens is 2. The summed E-state index contributed by atoms with van der Waals surface area (Å²) in [5, 5.41) is 2.84. The summed E-state index contributed by atoms with van der Waals surface area (Å²) in [6.45, 7) is 0.347. The van der Waals surface area contributed by atoms with Crippen LogP contribution in [0.25, 0.3) is 4.96 Å². The molecule has 4 aromatic rings. The number of hydrogen-bond donors (Lipinski definition) is 0. The van der Waals surface area contributed by atoms with E-state index in [9.17, 15) is 4.79 Å². The molecular weight excluding hydrogens is 497 g/mol. The highest BCUT2D eigenvalue weighted by molar-refractivity contribution is 7.15. The van der Waals surface area contributed by atoms with Gasteiger partial charge in [0.25, 0.3) is 5.91 Å². The summed E-state index contributed by atoms with van der Waals surface area (Å²) < 4.78 is 18.8. The number of imidazole rings is 1. The Bertz CT molecular complexity index is 1370. The van der Waals surface area contributed by atoms with Gasteiger partial charge >= 0.3 is 0 Å². The average Bonchev–Trinajstić information content (AvgIpc) is 3.43. The Morgan fingerprint density at radius 2 is 1.91 bits per heavy atom. The number of hydrogen-bond acceptors (Lipinski definition) is 6. The Morgan fingerprint density at radius 1 is 1.12 bits per heavy atom. The summed E-state index contributed by atoms with van der Waals surface area (Å²) in [6.07, 6.45) is 2.64. The third-order valence-electron chi connectivity index (χ3n) is 5.82. The van der Waals surface area contributed by atoms with Gasteiger partial charge in [-0.05, 0) is 35.9 Å². The maximum atomic E-state index is 13.5. The van der Waals surface area contributed by atoms with Gasteiger partial charge in [0.1, 0.15) is 5.75 Å². The van der Waals surface area contributed by atoms with Crippen molar-refractivity contribution < 1.29 is 19.0 Å². The Labute approximate surface area is 210 Å². The van der Waals surface area contributed by atoms with Crippen molar-refractivity contribution in [2.24, 2.45) is 0 Å². The second kappa shape index (κ2) is 9.37. The number of thiazole rings is 1. The first-order chi connectivity index (χ1) is 16.5. The highest BCUT2D eigenvalue weighted by Gasteiger charge is 2.36. The van der Waals surface area contributed by atoms with Gasteiger partial charge in [-0.3, -0.25) is 9.20 Å². The number of carbonyl (C=O) groups excluding carboxylic acids is 1. The Balaban J connectivity index is 1.52. The number of carbonyl (C=O) groups is 1. The van der Waals surface area contributed by atoms with Crippen LogP contribution >= 0.6 is 34.5 Å². The second-order valence-corrected chi connectivity index (χ2v) is 9.43. The van der Waals surface area contributed by atoms with Gasteiger partial charge in [-0.2, -0.15) is 0 Å². The van der Waals surface area contributed by atoms with Gasteiger partial charge in [0.05, 0.1) is 36.7 Å². The molecule has 0 saturated heterocycles. The van der Waals surface area contributed by atoms with Gasteiger partial charge in [-0.25, -0.2) is 4.98 Å². The highest BCUT2D eigenvalue weighted by Crippen LogP contribution is 2.40. The maximum Gasteiger partial charge on any atom is 0.261 e. The fourth-order valence-corrected chi connectivity index (χ4v) is 5.47. The van der Waals surface area contributed by atoms with E-state index in [4.69, 9.17) is 42.4 Å². The zero-order valence-electron chi connectivity index (χ0n) is 18.5. The number of amides is 1. The summed E-state index contributed by atoms with van der Waals surface area (Å²) in [4.78, 5) is 21.0. The van der Waals surface area contributed by atoms with E-state index in [2.05, 4.69) is 4.40 Å². The van der Waals surface area contributed by atoms with E-state index < -0.39 is 0 Å². The number of methoxy groups -OCH3 is 2. The van der Waals surface area contributed by atoms with Crippen LogP contribution in [0, 0.1) is 0 Å². The van der Waals surface area contributed by atoms with Gasteiger partial charge in [-0.1, -0.05) is 29.3 Å². The minimum atomic E-state index is -0.370. The standard InChI is InChI=1S/C24H21Cl2N3O4S/c1-31-19-5-3-14(11-20(19)32-2)22-23-17(27-24-29(23)9-10-34-24)7-8-28(22)21(30)13-33-18-6-4-15(25)12-16(18)26/h3-6,9-12,22H,7-8,13H2,1-2H3.